The summed E-state index contributed by atoms with van der Waals surface area (Å²) in [5, 5.41) is 3.50. The first-order valence-electron chi connectivity index (χ1n) is 9.31. The fraction of sp³-hybridized carbons (Fsp3) is 0.381. The number of nitrogens with zero attached hydrogens (tertiary/aromatic N) is 1. The largest absolute Gasteiger partial charge is 0.487 e. The van der Waals surface area contributed by atoms with Crippen LogP contribution in [0.4, 0.5) is 5.69 Å². The summed E-state index contributed by atoms with van der Waals surface area (Å²) in [5.41, 5.74) is 0.805. The van der Waals surface area contributed by atoms with Crippen molar-refractivity contribution in [3.63, 3.8) is 0 Å². The van der Waals surface area contributed by atoms with E-state index in [1.54, 1.807) is 31.2 Å². The lowest BCUT2D eigenvalue weighted by molar-refractivity contribution is -0.123. The van der Waals surface area contributed by atoms with E-state index in [9.17, 15) is 13.2 Å². The number of halogens is 1. The zero-order valence-corrected chi connectivity index (χ0v) is 18.4. The third-order valence-corrected chi connectivity index (χ3v) is 6.36. The van der Waals surface area contributed by atoms with Crippen molar-refractivity contribution in [1.82, 2.24) is 5.32 Å². The molecule has 0 saturated heterocycles. The molecule has 0 unspecified atom stereocenters. The van der Waals surface area contributed by atoms with Gasteiger partial charge in [0, 0.05) is 17.0 Å². The topological polar surface area (TPSA) is 75.7 Å². The fourth-order valence-corrected chi connectivity index (χ4v) is 4.92. The Bertz CT molecular complexity index is 1010. The summed E-state index contributed by atoms with van der Waals surface area (Å²) in [7, 11) is -3.69. The van der Waals surface area contributed by atoms with Crippen LogP contribution < -0.4 is 14.4 Å². The molecule has 29 heavy (non-hydrogen) atoms. The molecule has 2 atom stereocenters. The molecule has 2 aromatic carbocycles. The first-order chi connectivity index (χ1) is 13.5. The summed E-state index contributed by atoms with van der Waals surface area (Å²) in [6.45, 7) is 5.49. The van der Waals surface area contributed by atoms with Gasteiger partial charge in [-0.05, 0) is 51.1 Å². The monoisotopic (exact) mass is 436 g/mol. The molecular weight excluding hydrogens is 412 g/mol. The van der Waals surface area contributed by atoms with Crippen LogP contribution in [-0.4, -0.2) is 32.2 Å². The highest BCUT2D eigenvalue weighted by atomic mass is 35.5. The molecule has 1 heterocycles. The molecule has 1 aliphatic heterocycles. The number of hydrogen-bond donors (Lipinski definition) is 1. The molecule has 1 aliphatic rings. The molecular formula is C21H25ClN2O4S. The first-order valence-corrected chi connectivity index (χ1v) is 11.5. The Labute approximate surface area is 176 Å². The standard InChI is InChI=1S/C21H25ClN2O4S/c1-14(24(29(4,26)27)16-11-9-15(22)10-12-16)20(25)23-18-13-21(2,3)28-19-8-6-5-7-17(18)19/h5-12,14,18H,13H2,1-4H3,(H,23,25)/t14-,18+/m0/s1. The summed E-state index contributed by atoms with van der Waals surface area (Å²) in [6, 6.07) is 12.7. The predicted molar refractivity (Wildman–Crippen MR) is 115 cm³/mol. The number of nitrogens with one attached hydrogen (secondary N) is 1. The van der Waals surface area contributed by atoms with Crippen LogP contribution in [0.1, 0.15) is 38.8 Å². The second-order valence-electron chi connectivity index (χ2n) is 7.88. The van der Waals surface area contributed by atoms with Gasteiger partial charge in [0.05, 0.1) is 18.0 Å². The van der Waals surface area contributed by atoms with Crippen molar-refractivity contribution in [1.29, 1.82) is 0 Å². The second kappa shape index (κ2) is 7.88. The highest BCUT2D eigenvalue weighted by molar-refractivity contribution is 7.92. The number of rotatable bonds is 5. The maximum absolute atomic E-state index is 13.1. The molecule has 1 amide bonds. The van der Waals surface area contributed by atoms with Gasteiger partial charge in [-0.2, -0.15) is 0 Å². The van der Waals surface area contributed by atoms with Crippen LogP contribution in [0.2, 0.25) is 5.02 Å². The van der Waals surface area contributed by atoms with Crippen molar-refractivity contribution in [3.8, 4) is 5.75 Å². The summed E-state index contributed by atoms with van der Waals surface area (Å²) >= 11 is 5.92. The minimum atomic E-state index is -3.69. The number of amides is 1. The van der Waals surface area contributed by atoms with Gasteiger partial charge in [-0.3, -0.25) is 9.10 Å². The Morgan fingerprint density at radius 1 is 1.21 bits per heavy atom. The third-order valence-electron chi connectivity index (χ3n) is 4.86. The van der Waals surface area contributed by atoms with Crippen molar-refractivity contribution >= 4 is 33.2 Å². The van der Waals surface area contributed by atoms with Crippen molar-refractivity contribution in [2.45, 2.75) is 44.9 Å². The van der Waals surface area contributed by atoms with Crippen LogP contribution in [0.15, 0.2) is 48.5 Å². The third kappa shape index (κ3) is 4.85. The fourth-order valence-electron chi connectivity index (χ4n) is 3.62. The molecule has 0 aliphatic carbocycles. The molecule has 0 bridgehead atoms. The predicted octanol–water partition coefficient (Wildman–Crippen LogP) is 3.91. The Kier molecular flexibility index (Phi) is 5.83. The van der Waals surface area contributed by atoms with Crippen LogP contribution in [0.25, 0.3) is 0 Å². The average Bonchev–Trinajstić information content (AvgIpc) is 2.61. The molecule has 0 spiro atoms. The number of carbonyl (C=O) groups excluding carboxylic acids is 1. The summed E-state index contributed by atoms with van der Waals surface area (Å²) < 4.78 is 32.0. The van der Waals surface area contributed by atoms with Crippen molar-refractivity contribution < 1.29 is 17.9 Å². The van der Waals surface area contributed by atoms with E-state index in [2.05, 4.69) is 5.32 Å². The van der Waals surface area contributed by atoms with Crippen LogP contribution in [0.3, 0.4) is 0 Å². The average molecular weight is 437 g/mol. The molecule has 156 valence electrons. The maximum Gasteiger partial charge on any atom is 0.244 e. The number of carbonyl (C=O) groups is 1. The highest BCUT2D eigenvalue weighted by Gasteiger charge is 2.36. The van der Waals surface area contributed by atoms with Gasteiger partial charge in [0.1, 0.15) is 17.4 Å². The SMILES string of the molecule is C[C@@H](C(=O)N[C@@H]1CC(C)(C)Oc2ccccc21)N(c1ccc(Cl)cc1)S(C)(=O)=O. The van der Waals surface area contributed by atoms with Gasteiger partial charge in [0.2, 0.25) is 15.9 Å². The van der Waals surface area contributed by atoms with Crippen molar-refractivity contribution in [3.05, 3.63) is 59.1 Å². The van der Waals surface area contributed by atoms with Gasteiger partial charge in [0.15, 0.2) is 0 Å². The van der Waals surface area contributed by atoms with E-state index >= 15 is 0 Å². The maximum atomic E-state index is 13.1. The second-order valence-corrected chi connectivity index (χ2v) is 10.2. The molecule has 0 radical (unpaired) electrons. The zero-order chi connectivity index (χ0) is 21.4. The number of ether oxygens (including phenoxy) is 1. The van der Waals surface area contributed by atoms with Gasteiger partial charge >= 0.3 is 0 Å². The Hall–Kier alpha value is -2.25. The van der Waals surface area contributed by atoms with Crippen LogP contribution in [0.5, 0.6) is 5.75 Å². The number of anilines is 1. The smallest absolute Gasteiger partial charge is 0.244 e. The lowest BCUT2D eigenvalue weighted by Crippen LogP contribution is -2.50. The summed E-state index contributed by atoms with van der Waals surface area (Å²) in [6.07, 6.45) is 1.65. The Morgan fingerprint density at radius 2 is 1.83 bits per heavy atom. The van der Waals surface area contributed by atoms with Crippen LogP contribution >= 0.6 is 11.6 Å². The van der Waals surface area contributed by atoms with E-state index in [1.165, 1.54) is 0 Å². The number of benzene rings is 2. The van der Waals surface area contributed by atoms with E-state index in [-0.39, 0.29) is 11.9 Å². The van der Waals surface area contributed by atoms with E-state index < -0.39 is 21.7 Å². The normalized spacial score (nSPS) is 18.9. The lowest BCUT2D eigenvalue weighted by Gasteiger charge is -2.38. The first kappa shape index (κ1) is 21.5. The molecule has 6 nitrogen and oxygen atoms in total. The molecule has 0 aromatic heterocycles. The number of sulfonamides is 1. The van der Waals surface area contributed by atoms with Gasteiger partial charge in [-0.1, -0.05) is 29.8 Å². The molecule has 0 saturated carbocycles. The van der Waals surface area contributed by atoms with Gasteiger partial charge in [-0.15, -0.1) is 0 Å². The van der Waals surface area contributed by atoms with E-state index in [0.29, 0.717) is 17.1 Å². The zero-order valence-electron chi connectivity index (χ0n) is 16.8. The lowest BCUT2D eigenvalue weighted by atomic mass is 9.89. The molecule has 2 aromatic rings. The van der Waals surface area contributed by atoms with Crippen molar-refractivity contribution in [2.75, 3.05) is 10.6 Å². The minimum Gasteiger partial charge on any atom is -0.487 e. The summed E-state index contributed by atoms with van der Waals surface area (Å²) in [4.78, 5) is 13.1. The molecule has 1 N–H and O–H groups in total. The van der Waals surface area contributed by atoms with Gasteiger partial charge in [-0.25, -0.2) is 8.42 Å². The van der Waals surface area contributed by atoms with E-state index in [4.69, 9.17) is 16.3 Å². The minimum absolute atomic E-state index is 0.281. The van der Waals surface area contributed by atoms with Gasteiger partial charge < -0.3 is 10.1 Å². The Morgan fingerprint density at radius 3 is 2.45 bits per heavy atom. The molecule has 8 heteroatoms. The summed E-state index contributed by atoms with van der Waals surface area (Å²) in [5.74, 6) is 0.335. The molecule has 0 fully saturated rings. The van der Waals surface area contributed by atoms with E-state index in [1.807, 2.05) is 38.1 Å². The Balaban J connectivity index is 1.88. The van der Waals surface area contributed by atoms with Crippen LogP contribution in [-0.2, 0) is 14.8 Å². The molecule has 3 rings (SSSR count). The van der Waals surface area contributed by atoms with Gasteiger partial charge in [0.25, 0.3) is 0 Å². The quantitative estimate of drug-likeness (QED) is 0.770. The number of hydrogen-bond acceptors (Lipinski definition) is 4. The highest BCUT2D eigenvalue weighted by Crippen LogP contribution is 2.39. The number of fused-ring (bicyclic) bond motifs is 1. The van der Waals surface area contributed by atoms with Crippen molar-refractivity contribution in [2.24, 2.45) is 0 Å². The van der Waals surface area contributed by atoms with Crippen LogP contribution in [0, 0.1) is 0 Å². The number of para-hydroxylation sites is 1. The van der Waals surface area contributed by atoms with E-state index in [0.717, 1.165) is 21.9 Å².